The molecule has 5 heterocycles. The summed E-state index contributed by atoms with van der Waals surface area (Å²) < 4.78 is 125. The summed E-state index contributed by atoms with van der Waals surface area (Å²) in [6.45, 7) is 2.90. The Hall–Kier alpha value is -5.91. The third kappa shape index (κ3) is 7.99. The van der Waals surface area contributed by atoms with Gasteiger partial charge in [-0.3, -0.25) is 18.9 Å². The Morgan fingerprint density at radius 3 is 2.52 bits per heavy atom. The molecule has 1 aliphatic carbocycles. The normalized spacial score (nSPS) is 18.6. The smallest absolute Gasteiger partial charge is 0.292 e. The van der Waals surface area contributed by atoms with Crippen LogP contribution in [0.1, 0.15) is 66.0 Å². The van der Waals surface area contributed by atoms with Crippen LogP contribution in [-0.4, -0.2) is 61.3 Å². The number of rotatable bonds is 10. The van der Waals surface area contributed by atoms with E-state index in [1.54, 1.807) is 44.6 Å². The van der Waals surface area contributed by atoms with E-state index in [2.05, 4.69) is 37.1 Å². The van der Waals surface area contributed by atoms with Gasteiger partial charge in [-0.05, 0) is 61.6 Å². The second-order valence-electron chi connectivity index (χ2n) is 15.4. The fraction of sp³-hybridized carbons (Fsp3) is 0.341. The van der Waals surface area contributed by atoms with E-state index in [1.807, 2.05) is 4.57 Å². The van der Waals surface area contributed by atoms with Gasteiger partial charge in [0.05, 0.1) is 40.5 Å². The lowest BCUT2D eigenvalue weighted by atomic mass is 9.93. The number of nitrogens with zero attached hydrogens (tertiary/aromatic N) is 7. The van der Waals surface area contributed by atoms with Gasteiger partial charge in [-0.2, -0.15) is 19.0 Å². The number of halogens is 7. The highest BCUT2D eigenvalue weighted by Gasteiger charge is 2.51. The van der Waals surface area contributed by atoms with E-state index in [9.17, 15) is 30.8 Å². The Balaban J connectivity index is 1.30. The molecule has 8 rings (SSSR count). The Morgan fingerprint density at radius 2 is 1.81 bits per heavy atom. The summed E-state index contributed by atoms with van der Waals surface area (Å²) >= 11 is 6.64. The summed E-state index contributed by atoms with van der Waals surface area (Å²) in [7, 11) is -2.30. The molecule has 0 spiro atoms. The van der Waals surface area contributed by atoms with Crippen molar-refractivity contribution in [2.24, 2.45) is 13.0 Å². The quantitative estimate of drug-likeness (QED) is 0.111. The number of ether oxygens (including phenoxy) is 1. The molecule has 6 aromatic rings. The zero-order chi connectivity index (χ0) is 44.5. The van der Waals surface area contributed by atoms with Crippen LogP contribution < -0.4 is 10.0 Å². The maximum atomic E-state index is 15.5. The molecule has 0 bridgehead atoms. The first-order valence-corrected chi connectivity index (χ1v) is 21.3. The summed E-state index contributed by atoms with van der Waals surface area (Å²) in [6.07, 6.45) is 0.433. The molecule has 13 nitrogen and oxygen atoms in total. The maximum absolute atomic E-state index is 15.5. The molecule has 0 fully saturated rings. The molecule has 4 aromatic heterocycles. The molecule has 1 amide bonds. The van der Waals surface area contributed by atoms with E-state index >= 15 is 8.78 Å². The van der Waals surface area contributed by atoms with Gasteiger partial charge in [0, 0.05) is 54.7 Å². The number of aryl methyl sites for hydroxylation is 1. The maximum Gasteiger partial charge on any atom is 0.292 e. The number of hydrogen-bond acceptors (Lipinski definition) is 8. The van der Waals surface area contributed by atoms with Crippen LogP contribution in [0.25, 0.3) is 22.0 Å². The molecule has 2 aliphatic rings. The zero-order valence-corrected chi connectivity index (χ0v) is 34.9. The van der Waals surface area contributed by atoms with Crippen LogP contribution in [0.4, 0.5) is 32.2 Å². The average molecular weight is 900 g/mol. The summed E-state index contributed by atoms with van der Waals surface area (Å²) in [5.74, 6) is -1.19. The van der Waals surface area contributed by atoms with E-state index in [1.165, 1.54) is 17.7 Å². The predicted octanol–water partition coefficient (Wildman–Crippen LogP) is 6.95. The van der Waals surface area contributed by atoms with Crippen molar-refractivity contribution >= 4 is 44.3 Å². The van der Waals surface area contributed by atoms with E-state index < -0.39 is 75.4 Å². The molecule has 21 heteroatoms. The highest BCUT2D eigenvalue weighted by atomic mass is 35.5. The molecule has 0 saturated carbocycles. The average Bonchev–Trinajstić information content (AvgIpc) is 3.94. The van der Waals surface area contributed by atoms with Crippen molar-refractivity contribution in [3.8, 4) is 23.0 Å². The fourth-order valence-electron chi connectivity index (χ4n) is 8.08. The third-order valence-electron chi connectivity index (χ3n) is 10.8. The molecule has 2 N–H and O–H groups in total. The fourth-order valence-corrected chi connectivity index (χ4v) is 8.82. The van der Waals surface area contributed by atoms with E-state index in [0.29, 0.717) is 40.8 Å². The van der Waals surface area contributed by atoms with Crippen molar-refractivity contribution in [3.63, 3.8) is 0 Å². The summed E-state index contributed by atoms with van der Waals surface area (Å²) in [5, 5.41) is 11.2. The van der Waals surface area contributed by atoms with E-state index in [0.717, 1.165) is 18.4 Å². The minimum absolute atomic E-state index is 0.0476. The molecule has 3 atom stereocenters. The molecule has 324 valence electrons. The number of imidazole rings is 1. The van der Waals surface area contributed by atoms with E-state index in [-0.39, 0.29) is 57.1 Å². The van der Waals surface area contributed by atoms with Crippen LogP contribution in [0.3, 0.4) is 0 Å². The number of aromatic nitrogens is 7. The summed E-state index contributed by atoms with van der Waals surface area (Å²) in [5.41, 5.74) is -1.98. The Labute approximate surface area is 355 Å². The number of alkyl halides is 4. The van der Waals surface area contributed by atoms with Gasteiger partial charge in [-0.25, -0.2) is 35.9 Å². The minimum Gasteiger partial charge on any atom is -0.353 e. The van der Waals surface area contributed by atoms with Gasteiger partial charge in [0.2, 0.25) is 15.9 Å². The van der Waals surface area contributed by atoms with Gasteiger partial charge >= 0.3 is 0 Å². The highest BCUT2D eigenvalue weighted by molar-refractivity contribution is 7.92. The van der Waals surface area contributed by atoms with Crippen LogP contribution in [-0.2, 0) is 64.1 Å². The second kappa shape index (κ2) is 15.8. The molecule has 0 saturated heterocycles. The summed E-state index contributed by atoms with van der Waals surface area (Å²) in [6, 6.07) is 7.68. The van der Waals surface area contributed by atoms with Crippen molar-refractivity contribution in [2.45, 2.75) is 63.8 Å². The van der Waals surface area contributed by atoms with Crippen LogP contribution in [0.5, 0.6) is 0 Å². The van der Waals surface area contributed by atoms with Crippen LogP contribution >= 0.6 is 11.6 Å². The number of carbonyl (C=O) groups is 1. The topological polar surface area (TPSA) is 151 Å². The number of anilines is 1. The zero-order valence-electron chi connectivity index (χ0n) is 33.3. The van der Waals surface area contributed by atoms with Gasteiger partial charge in [0.1, 0.15) is 35.3 Å². The van der Waals surface area contributed by atoms with Crippen molar-refractivity contribution in [2.75, 3.05) is 17.6 Å². The molecule has 1 unspecified atom stereocenters. The van der Waals surface area contributed by atoms with Gasteiger partial charge in [-0.15, -0.1) is 0 Å². The lowest BCUT2D eigenvalue weighted by Gasteiger charge is -2.29. The molecule has 0 radical (unpaired) electrons. The number of fused-ring (bicyclic) bond motifs is 3. The van der Waals surface area contributed by atoms with Gasteiger partial charge in [0.15, 0.2) is 17.2 Å². The number of sulfonamides is 1. The lowest BCUT2D eigenvalue weighted by Crippen LogP contribution is -2.35. The first-order valence-electron chi connectivity index (χ1n) is 19.1. The number of nitrogens with one attached hydrogen (secondary N) is 2. The Bertz CT molecular complexity index is 2940. The third-order valence-corrected chi connectivity index (χ3v) is 11.7. The SMILES string of the molecule is C[C@@H]1Cc2c(C(F)F)nn(CC(=O)N[C@@H](Cc3cc(F)cc(F)c3)c3nc(C#CC4(C)OCCn5ccnc54)ccc3-c3ccc(Cl)c4c(NS(C)(=O)=O)nn(C)c34)c2C1(F)F. The number of pyridine rings is 1. The molecule has 62 heavy (non-hydrogen) atoms. The van der Waals surface area contributed by atoms with Crippen molar-refractivity contribution < 1.29 is 44.3 Å². The number of carbonyl (C=O) groups excluding carboxylic acids is 1. The molecular formula is C41H36ClF6N9O4S. The highest BCUT2D eigenvalue weighted by Crippen LogP contribution is 2.48. The van der Waals surface area contributed by atoms with E-state index in [4.69, 9.17) is 21.3 Å². The standard InChI is InChI=1S/C41H36ClF6N9O4S/c1-21-15-28-34(37(45)46)52-57(36(28)41(21,47)48)20-31(58)51-30(18-22-16-23(43)19-24(44)17-22)33-26(27-7-8-29(42)32-35(27)55(3)53-38(32)54-62(4,59)60)6-5-25(50-33)9-10-40(2)39-49-11-12-56(39)13-14-61-40/h5-8,11-12,16-17,19,21,30,37H,13-15,18,20H2,1-4H3,(H,51,58)(H,53,54)/t21-,30+,40?/m1/s1. The van der Waals surface area contributed by atoms with Crippen molar-refractivity contribution in [1.82, 2.24) is 39.4 Å². The van der Waals surface area contributed by atoms with Crippen LogP contribution in [0.15, 0.2) is 54.9 Å². The van der Waals surface area contributed by atoms with Crippen LogP contribution in [0, 0.1) is 29.4 Å². The second-order valence-corrected chi connectivity index (χ2v) is 17.5. The number of hydrogen-bond donors (Lipinski definition) is 2. The molecular weight excluding hydrogens is 864 g/mol. The largest absolute Gasteiger partial charge is 0.353 e. The number of benzene rings is 2. The first kappa shape index (κ1) is 42.8. The Morgan fingerprint density at radius 1 is 1.08 bits per heavy atom. The summed E-state index contributed by atoms with van der Waals surface area (Å²) in [4.78, 5) is 23.4. The van der Waals surface area contributed by atoms with Gasteiger partial charge in [-0.1, -0.05) is 30.5 Å². The predicted molar refractivity (Wildman–Crippen MR) is 215 cm³/mol. The molecule has 2 aromatic carbocycles. The Kier molecular flexibility index (Phi) is 10.9. The first-order chi connectivity index (χ1) is 29.2. The minimum atomic E-state index is -3.84. The number of amides is 1. The van der Waals surface area contributed by atoms with Crippen molar-refractivity contribution in [1.29, 1.82) is 0 Å². The van der Waals surface area contributed by atoms with Gasteiger partial charge < -0.3 is 14.6 Å². The van der Waals surface area contributed by atoms with Crippen molar-refractivity contribution in [3.05, 3.63) is 111 Å². The van der Waals surface area contributed by atoms with Crippen LogP contribution in [0.2, 0.25) is 5.02 Å². The molecule has 1 aliphatic heterocycles. The van der Waals surface area contributed by atoms with Gasteiger partial charge in [0.25, 0.3) is 12.3 Å². The monoisotopic (exact) mass is 899 g/mol. The lowest BCUT2D eigenvalue weighted by molar-refractivity contribution is -0.123.